The fourth-order valence-electron chi connectivity index (χ4n) is 2.89. The predicted octanol–water partition coefficient (Wildman–Crippen LogP) is 1.92. The number of likely N-dealkylation sites (tertiary alicyclic amines) is 1. The summed E-state index contributed by atoms with van der Waals surface area (Å²) in [5, 5.41) is 11.1. The lowest BCUT2D eigenvalue weighted by molar-refractivity contribution is -0.141. The molecule has 1 aromatic carbocycles. The molecule has 1 amide bonds. The molecule has 0 saturated carbocycles. The van der Waals surface area contributed by atoms with Crippen LogP contribution in [-0.2, 0) is 21.4 Å². The fourth-order valence-corrected chi connectivity index (χ4v) is 4.68. The molecule has 3 rings (SSSR count). The monoisotopic (exact) mass is 394 g/mol. The SMILES string of the molecule is O=C(O)C1CCCN1C(=O)c1cccc(S(=O)(=O)NCc2cccs2)c1. The molecule has 0 spiro atoms. The van der Waals surface area contributed by atoms with E-state index in [-0.39, 0.29) is 17.0 Å². The van der Waals surface area contributed by atoms with Crippen molar-refractivity contribution in [2.45, 2.75) is 30.3 Å². The van der Waals surface area contributed by atoms with Crippen LogP contribution in [0.4, 0.5) is 0 Å². The molecule has 26 heavy (non-hydrogen) atoms. The highest BCUT2D eigenvalue weighted by Crippen LogP contribution is 2.22. The second-order valence-electron chi connectivity index (χ2n) is 5.93. The van der Waals surface area contributed by atoms with Gasteiger partial charge in [0.15, 0.2) is 0 Å². The van der Waals surface area contributed by atoms with Gasteiger partial charge in [0.25, 0.3) is 5.91 Å². The van der Waals surface area contributed by atoms with Gasteiger partial charge in [0, 0.05) is 23.5 Å². The van der Waals surface area contributed by atoms with Crippen LogP contribution in [0.15, 0.2) is 46.7 Å². The van der Waals surface area contributed by atoms with Gasteiger partial charge in [-0.1, -0.05) is 12.1 Å². The normalized spacial score (nSPS) is 17.4. The van der Waals surface area contributed by atoms with E-state index in [9.17, 15) is 23.1 Å². The third kappa shape index (κ3) is 3.95. The number of carboxylic acid groups (broad SMARTS) is 1. The lowest BCUT2D eigenvalue weighted by Crippen LogP contribution is -2.40. The van der Waals surface area contributed by atoms with Gasteiger partial charge in [-0.15, -0.1) is 11.3 Å². The summed E-state index contributed by atoms with van der Waals surface area (Å²) in [6.07, 6.45) is 1.02. The zero-order valence-electron chi connectivity index (χ0n) is 13.8. The molecular weight excluding hydrogens is 376 g/mol. The Morgan fingerprint density at radius 2 is 2.08 bits per heavy atom. The first kappa shape index (κ1) is 18.6. The summed E-state index contributed by atoms with van der Waals surface area (Å²) in [4.78, 5) is 26.0. The highest BCUT2D eigenvalue weighted by atomic mass is 32.2. The zero-order chi connectivity index (χ0) is 18.7. The number of amides is 1. The smallest absolute Gasteiger partial charge is 0.326 e. The van der Waals surface area contributed by atoms with Gasteiger partial charge in [-0.3, -0.25) is 4.79 Å². The summed E-state index contributed by atoms with van der Waals surface area (Å²) < 4.78 is 27.4. The minimum absolute atomic E-state index is 0.0222. The van der Waals surface area contributed by atoms with Gasteiger partial charge in [-0.05, 0) is 42.5 Å². The third-order valence-electron chi connectivity index (χ3n) is 4.21. The summed E-state index contributed by atoms with van der Waals surface area (Å²) >= 11 is 1.44. The number of nitrogens with zero attached hydrogens (tertiary/aromatic N) is 1. The summed E-state index contributed by atoms with van der Waals surface area (Å²) in [6.45, 7) is 0.523. The maximum Gasteiger partial charge on any atom is 0.326 e. The number of carbonyl (C=O) groups is 2. The Kier molecular flexibility index (Phi) is 5.40. The minimum Gasteiger partial charge on any atom is -0.480 e. The maximum absolute atomic E-state index is 12.6. The molecule has 1 fully saturated rings. The van der Waals surface area contributed by atoms with Gasteiger partial charge >= 0.3 is 5.97 Å². The maximum atomic E-state index is 12.6. The average molecular weight is 394 g/mol. The molecule has 2 heterocycles. The lowest BCUT2D eigenvalue weighted by Gasteiger charge is -2.21. The van der Waals surface area contributed by atoms with Crippen molar-refractivity contribution in [3.05, 3.63) is 52.2 Å². The topological polar surface area (TPSA) is 104 Å². The van der Waals surface area contributed by atoms with Crippen LogP contribution < -0.4 is 4.72 Å². The van der Waals surface area contributed by atoms with Crippen LogP contribution in [0.2, 0.25) is 0 Å². The van der Waals surface area contributed by atoms with Crippen LogP contribution in [0.3, 0.4) is 0 Å². The Bertz CT molecular complexity index is 909. The first-order valence-corrected chi connectivity index (χ1v) is 10.4. The van der Waals surface area contributed by atoms with Crippen molar-refractivity contribution < 1.29 is 23.1 Å². The number of aliphatic carboxylic acids is 1. The standard InChI is InChI=1S/C17H18N2O5S2/c20-16(19-8-2-7-15(19)17(21)22)12-4-1-6-14(10-12)26(23,24)18-11-13-5-3-9-25-13/h1,3-6,9-10,15,18H,2,7-8,11H2,(H,21,22). The van der Waals surface area contributed by atoms with Crippen molar-refractivity contribution in [3.8, 4) is 0 Å². The molecule has 1 saturated heterocycles. The molecular formula is C17H18N2O5S2. The lowest BCUT2D eigenvalue weighted by atomic mass is 10.1. The summed E-state index contributed by atoms with van der Waals surface area (Å²) in [5.41, 5.74) is 0.164. The number of hydrogen-bond donors (Lipinski definition) is 2. The molecule has 0 bridgehead atoms. The van der Waals surface area contributed by atoms with Crippen molar-refractivity contribution in [3.63, 3.8) is 0 Å². The fraction of sp³-hybridized carbons (Fsp3) is 0.294. The Labute approximate surface area is 155 Å². The third-order valence-corrected chi connectivity index (χ3v) is 6.48. The molecule has 1 atom stereocenters. The van der Waals surface area contributed by atoms with Crippen LogP contribution >= 0.6 is 11.3 Å². The summed E-state index contributed by atoms with van der Waals surface area (Å²) in [5.74, 6) is -1.51. The van der Waals surface area contributed by atoms with Crippen molar-refractivity contribution in [2.75, 3.05) is 6.54 Å². The highest BCUT2D eigenvalue weighted by Gasteiger charge is 2.34. The number of sulfonamides is 1. The minimum atomic E-state index is -3.78. The zero-order valence-corrected chi connectivity index (χ0v) is 15.4. The Morgan fingerprint density at radius 3 is 2.77 bits per heavy atom. The van der Waals surface area contributed by atoms with Gasteiger partial charge in [-0.25, -0.2) is 17.9 Å². The van der Waals surface area contributed by atoms with Crippen LogP contribution in [0.1, 0.15) is 28.1 Å². The number of nitrogens with one attached hydrogen (secondary N) is 1. The number of hydrogen-bond acceptors (Lipinski definition) is 5. The first-order chi connectivity index (χ1) is 12.4. The van der Waals surface area contributed by atoms with Crippen molar-refractivity contribution >= 4 is 33.2 Å². The van der Waals surface area contributed by atoms with Crippen LogP contribution in [0.25, 0.3) is 0 Å². The molecule has 7 nitrogen and oxygen atoms in total. The molecule has 0 radical (unpaired) electrons. The van der Waals surface area contributed by atoms with Crippen LogP contribution in [0.5, 0.6) is 0 Å². The number of rotatable bonds is 6. The van der Waals surface area contributed by atoms with Gasteiger partial charge in [0.05, 0.1) is 4.90 Å². The highest BCUT2D eigenvalue weighted by molar-refractivity contribution is 7.89. The molecule has 2 aromatic rings. The molecule has 9 heteroatoms. The summed E-state index contributed by atoms with van der Waals surface area (Å²) in [6, 6.07) is 8.48. The quantitative estimate of drug-likeness (QED) is 0.779. The summed E-state index contributed by atoms with van der Waals surface area (Å²) in [7, 11) is -3.78. The first-order valence-electron chi connectivity index (χ1n) is 8.04. The predicted molar refractivity (Wildman–Crippen MR) is 96.5 cm³/mol. The molecule has 1 aromatic heterocycles. The van der Waals surface area contributed by atoms with E-state index in [4.69, 9.17) is 0 Å². The second-order valence-corrected chi connectivity index (χ2v) is 8.73. The molecule has 0 aliphatic carbocycles. The number of benzene rings is 1. The van der Waals surface area contributed by atoms with Gasteiger partial charge in [0.1, 0.15) is 6.04 Å². The van der Waals surface area contributed by atoms with E-state index in [1.807, 2.05) is 17.5 Å². The van der Waals surface area contributed by atoms with Crippen LogP contribution in [0, 0.1) is 0 Å². The van der Waals surface area contributed by atoms with E-state index in [0.717, 1.165) is 4.88 Å². The number of thiophene rings is 1. The molecule has 1 unspecified atom stereocenters. The van der Waals surface area contributed by atoms with E-state index in [1.54, 1.807) is 0 Å². The Morgan fingerprint density at radius 1 is 1.27 bits per heavy atom. The Balaban J connectivity index is 1.79. The van der Waals surface area contributed by atoms with Crippen LogP contribution in [-0.4, -0.2) is 42.9 Å². The second kappa shape index (κ2) is 7.56. The average Bonchev–Trinajstić information content (AvgIpc) is 3.31. The van der Waals surface area contributed by atoms with Gasteiger partial charge in [-0.2, -0.15) is 0 Å². The number of carboxylic acids is 1. The number of carbonyl (C=O) groups excluding carboxylic acids is 1. The Hall–Kier alpha value is -2.23. The van der Waals surface area contributed by atoms with Crippen molar-refractivity contribution in [2.24, 2.45) is 0 Å². The van der Waals surface area contributed by atoms with E-state index < -0.39 is 27.9 Å². The molecule has 1 aliphatic heterocycles. The molecule has 1 aliphatic rings. The van der Waals surface area contributed by atoms with Crippen molar-refractivity contribution in [1.29, 1.82) is 0 Å². The van der Waals surface area contributed by atoms with E-state index >= 15 is 0 Å². The van der Waals surface area contributed by atoms with E-state index in [1.165, 1.54) is 40.5 Å². The van der Waals surface area contributed by atoms with Crippen molar-refractivity contribution in [1.82, 2.24) is 9.62 Å². The van der Waals surface area contributed by atoms with E-state index in [2.05, 4.69) is 4.72 Å². The van der Waals surface area contributed by atoms with E-state index in [0.29, 0.717) is 19.4 Å². The largest absolute Gasteiger partial charge is 0.480 e. The van der Waals surface area contributed by atoms with Gasteiger partial charge in [0.2, 0.25) is 10.0 Å². The van der Waals surface area contributed by atoms with Gasteiger partial charge < -0.3 is 10.0 Å². The molecule has 2 N–H and O–H groups in total. The molecule has 138 valence electrons.